The van der Waals surface area contributed by atoms with Crippen molar-refractivity contribution in [1.29, 1.82) is 0 Å². The third kappa shape index (κ3) is 4.37. The van der Waals surface area contributed by atoms with E-state index in [1.165, 1.54) is 6.20 Å². The number of likely N-dealkylation sites (tertiary alicyclic amines) is 1. The third-order valence-corrected chi connectivity index (χ3v) is 3.68. The second-order valence-corrected chi connectivity index (χ2v) is 6.69. The minimum Gasteiger partial charge on any atom is -0.444 e. The summed E-state index contributed by atoms with van der Waals surface area (Å²) in [6.45, 7) is 6.74. The van der Waals surface area contributed by atoms with E-state index < -0.39 is 11.2 Å². The molecule has 0 unspecified atom stereocenters. The molecule has 0 radical (unpaired) electrons. The van der Waals surface area contributed by atoms with E-state index in [1.54, 1.807) is 4.90 Å². The van der Waals surface area contributed by atoms with Crippen LogP contribution in [0.25, 0.3) is 0 Å². The molecule has 1 aliphatic rings. The smallest absolute Gasteiger partial charge is 0.410 e. The van der Waals surface area contributed by atoms with Crippen molar-refractivity contribution >= 4 is 23.4 Å². The molecule has 0 saturated carbocycles. The summed E-state index contributed by atoms with van der Waals surface area (Å²) < 4.78 is 5.36. The minimum atomic E-state index is -0.490. The number of piperidine rings is 1. The highest BCUT2D eigenvalue weighted by atomic mass is 35.5. The van der Waals surface area contributed by atoms with Crippen molar-refractivity contribution < 1.29 is 9.53 Å². The number of halogens is 1. The van der Waals surface area contributed by atoms with Crippen molar-refractivity contribution in [3.05, 3.63) is 21.6 Å². The fraction of sp³-hybridized carbons (Fsp3) is 0.643. The van der Waals surface area contributed by atoms with Crippen molar-refractivity contribution in [2.45, 2.75) is 45.3 Å². The van der Waals surface area contributed by atoms with Crippen LogP contribution in [0.5, 0.6) is 0 Å². The molecule has 8 heteroatoms. The minimum absolute atomic E-state index is 0.101. The number of carbonyl (C=O) groups excluding carboxylic acids is 1. The van der Waals surface area contributed by atoms with Crippen LogP contribution in [0.3, 0.4) is 0 Å². The number of amides is 1. The molecular weight excluding hydrogens is 308 g/mol. The van der Waals surface area contributed by atoms with Crippen molar-refractivity contribution in [1.82, 2.24) is 15.1 Å². The first-order chi connectivity index (χ1) is 10.3. The third-order valence-electron chi connectivity index (χ3n) is 3.30. The SMILES string of the molecule is CC(C)(C)OC(=O)N1CCC(Nc2cn[nH]c(=O)c2Cl)CC1. The fourth-order valence-electron chi connectivity index (χ4n) is 2.24. The predicted molar refractivity (Wildman–Crippen MR) is 84.3 cm³/mol. The largest absolute Gasteiger partial charge is 0.444 e. The van der Waals surface area contributed by atoms with Gasteiger partial charge < -0.3 is 15.0 Å². The quantitative estimate of drug-likeness (QED) is 0.869. The van der Waals surface area contributed by atoms with Crippen molar-refractivity contribution in [2.24, 2.45) is 0 Å². The number of carbonyl (C=O) groups is 1. The van der Waals surface area contributed by atoms with Gasteiger partial charge in [-0.1, -0.05) is 11.6 Å². The highest BCUT2D eigenvalue weighted by molar-refractivity contribution is 6.32. The summed E-state index contributed by atoms with van der Waals surface area (Å²) in [6, 6.07) is 0.139. The van der Waals surface area contributed by atoms with Crippen molar-refractivity contribution in [3.8, 4) is 0 Å². The monoisotopic (exact) mass is 328 g/mol. The number of hydrogen-bond donors (Lipinski definition) is 2. The lowest BCUT2D eigenvalue weighted by molar-refractivity contribution is 0.0210. The zero-order chi connectivity index (χ0) is 16.3. The van der Waals surface area contributed by atoms with E-state index in [0.29, 0.717) is 18.8 Å². The van der Waals surface area contributed by atoms with Crippen molar-refractivity contribution in [3.63, 3.8) is 0 Å². The van der Waals surface area contributed by atoms with Gasteiger partial charge in [0.25, 0.3) is 5.56 Å². The Bertz CT molecular complexity index is 588. The maximum absolute atomic E-state index is 12.0. The van der Waals surface area contributed by atoms with E-state index in [4.69, 9.17) is 16.3 Å². The lowest BCUT2D eigenvalue weighted by Crippen LogP contribution is -2.44. The Morgan fingerprint density at radius 2 is 2.09 bits per heavy atom. The second-order valence-electron chi connectivity index (χ2n) is 6.31. The number of ether oxygens (including phenoxy) is 1. The van der Waals surface area contributed by atoms with Gasteiger partial charge in [-0.05, 0) is 33.6 Å². The van der Waals surface area contributed by atoms with Gasteiger partial charge in [0.05, 0.1) is 11.9 Å². The van der Waals surface area contributed by atoms with Crippen LogP contribution < -0.4 is 10.9 Å². The van der Waals surface area contributed by atoms with Crippen LogP contribution >= 0.6 is 11.6 Å². The highest BCUT2D eigenvalue weighted by Crippen LogP contribution is 2.21. The van der Waals surface area contributed by atoms with Crippen LogP contribution in [0.1, 0.15) is 33.6 Å². The lowest BCUT2D eigenvalue weighted by Gasteiger charge is -2.34. The van der Waals surface area contributed by atoms with Crippen molar-refractivity contribution in [2.75, 3.05) is 18.4 Å². The molecule has 0 aliphatic carbocycles. The molecule has 1 aromatic rings. The molecule has 2 N–H and O–H groups in total. The van der Waals surface area contributed by atoms with Crippen LogP contribution in [-0.4, -0.2) is 45.9 Å². The molecule has 1 saturated heterocycles. The van der Waals surface area contributed by atoms with E-state index in [-0.39, 0.29) is 17.2 Å². The maximum Gasteiger partial charge on any atom is 0.410 e. The van der Waals surface area contributed by atoms with E-state index in [9.17, 15) is 9.59 Å². The Labute approximate surface area is 134 Å². The van der Waals surface area contributed by atoms with E-state index in [2.05, 4.69) is 15.5 Å². The average Bonchev–Trinajstić information content (AvgIpc) is 2.43. The predicted octanol–water partition coefficient (Wildman–Crippen LogP) is 2.23. The summed E-state index contributed by atoms with van der Waals surface area (Å²) in [6.07, 6.45) is 2.70. The summed E-state index contributed by atoms with van der Waals surface area (Å²) >= 11 is 5.93. The molecule has 122 valence electrons. The van der Waals surface area contributed by atoms with E-state index in [0.717, 1.165) is 12.8 Å². The molecule has 1 amide bonds. The number of rotatable bonds is 2. The molecule has 0 spiro atoms. The summed E-state index contributed by atoms with van der Waals surface area (Å²) in [5, 5.41) is 9.30. The topological polar surface area (TPSA) is 87.3 Å². The molecular formula is C14H21ClN4O3. The van der Waals surface area contributed by atoms with Crippen LogP contribution in [-0.2, 0) is 4.74 Å². The van der Waals surface area contributed by atoms with Gasteiger partial charge in [-0.3, -0.25) is 4.79 Å². The molecule has 1 fully saturated rings. The lowest BCUT2D eigenvalue weighted by atomic mass is 10.1. The van der Waals surface area contributed by atoms with Gasteiger partial charge in [0.2, 0.25) is 0 Å². The molecule has 0 aromatic carbocycles. The van der Waals surface area contributed by atoms with Crippen LogP contribution in [0.4, 0.5) is 10.5 Å². The number of nitrogens with one attached hydrogen (secondary N) is 2. The normalized spacial score (nSPS) is 16.5. The first-order valence-corrected chi connectivity index (χ1v) is 7.62. The molecule has 2 rings (SSSR count). The Morgan fingerprint density at radius 3 is 2.68 bits per heavy atom. The Morgan fingerprint density at radius 1 is 1.45 bits per heavy atom. The zero-order valence-electron chi connectivity index (χ0n) is 13.0. The Hall–Kier alpha value is -1.76. The zero-order valence-corrected chi connectivity index (χ0v) is 13.7. The Balaban J connectivity index is 1.89. The van der Waals surface area contributed by atoms with Gasteiger partial charge in [-0.2, -0.15) is 5.10 Å². The van der Waals surface area contributed by atoms with Crippen LogP contribution in [0, 0.1) is 0 Å². The van der Waals surface area contributed by atoms with Gasteiger partial charge in [-0.15, -0.1) is 0 Å². The first kappa shape index (κ1) is 16.6. The van der Waals surface area contributed by atoms with Gasteiger partial charge in [0.1, 0.15) is 10.6 Å². The Kier molecular flexibility index (Phi) is 4.95. The van der Waals surface area contributed by atoms with E-state index in [1.807, 2.05) is 20.8 Å². The van der Waals surface area contributed by atoms with Gasteiger partial charge in [0, 0.05) is 19.1 Å². The number of hydrogen-bond acceptors (Lipinski definition) is 5. The number of aromatic amines is 1. The summed E-state index contributed by atoms with van der Waals surface area (Å²) in [5.41, 5.74) is -0.393. The van der Waals surface area contributed by atoms with Gasteiger partial charge in [-0.25, -0.2) is 9.89 Å². The number of anilines is 1. The standard InChI is InChI=1S/C14H21ClN4O3/c1-14(2,3)22-13(21)19-6-4-9(5-7-19)17-10-8-16-18-12(20)11(10)15/h8-9H,4-7H2,1-3H3,(H2,17,18,20). The van der Waals surface area contributed by atoms with E-state index >= 15 is 0 Å². The summed E-state index contributed by atoms with van der Waals surface area (Å²) in [7, 11) is 0. The van der Waals surface area contributed by atoms with Crippen LogP contribution in [0.15, 0.2) is 11.0 Å². The number of nitrogens with zero attached hydrogens (tertiary/aromatic N) is 2. The average molecular weight is 329 g/mol. The summed E-state index contributed by atoms with van der Waals surface area (Å²) in [5.74, 6) is 0. The second kappa shape index (κ2) is 6.56. The molecule has 1 aromatic heterocycles. The number of aromatic nitrogens is 2. The van der Waals surface area contributed by atoms with Gasteiger partial charge >= 0.3 is 6.09 Å². The maximum atomic E-state index is 12.0. The molecule has 0 atom stereocenters. The van der Waals surface area contributed by atoms with Crippen LogP contribution in [0.2, 0.25) is 5.02 Å². The molecule has 1 aliphatic heterocycles. The molecule has 22 heavy (non-hydrogen) atoms. The number of H-pyrrole nitrogens is 1. The summed E-state index contributed by atoms with van der Waals surface area (Å²) in [4.78, 5) is 25.1. The van der Waals surface area contributed by atoms with Gasteiger partial charge in [0.15, 0.2) is 0 Å². The molecule has 0 bridgehead atoms. The molecule has 2 heterocycles. The highest BCUT2D eigenvalue weighted by Gasteiger charge is 2.27. The molecule has 7 nitrogen and oxygen atoms in total. The first-order valence-electron chi connectivity index (χ1n) is 7.24. The fourth-order valence-corrected chi connectivity index (χ4v) is 2.38.